The van der Waals surface area contributed by atoms with Crippen LogP contribution in [0, 0.1) is 0 Å². The Hall–Kier alpha value is -2.37. The number of hydrogen-bond donors (Lipinski definition) is 2. The van der Waals surface area contributed by atoms with Gasteiger partial charge in [0.1, 0.15) is 0 Å². The number of rotatable bonds is 4. The third-order valence-electron chi connectivity index (χ3n) is 2.56. The zero-order valence-electron chi connectivity index (χ0n) is 11.4. The monoisotopic (exact) mass is 333 g/mol. The van der Waals surface area contributed by atoms with Crippen molar-refractivity contribution in [3.05, 3.63) is 69.7 Å². The van der Waals surface area contributed by atoms with Crippen molar-refractivity contribution in [2.24, 2.45) is 21.0 Å². The Kier molecular flexibility index (Phi) is 5.94. The normalized spacial score (nSPS) is 12.2. The van der Waals surface area contributed by atoms with Crippen molar-refractivity contribution >= 4 is 41.6 Å². The highest BCUT2D eigenvalue weighted by Crippen LogP contribution is 2.12. The van der Waals surface area contributed by atoms with E-state index in [1.165, 1.54) is 6.21 Å². The van der Waals surface area contributed by atoms with E-state index in [1.807, 2.05) is 36.4 Å². The molecular weight excluding hydrogens is 321 g/mol. The van der Waals surface area contributed by atoms with Crippen LogP contribution in [0.5, 0.6) is 0 Å². The minimum atomic E-state index is 0.0478. The van der Waals surface area contributed by atoms with Crippen LogP contribution in [0.4, 0.5) is 0 Å². The lowest BCUT2D eigenvalue weighted by Crippen LogP contribution is -2.26. The minimum Gasteiger partial charge on any atom is -0.367 e. The highest BCUT2D eigenvalue weighted by Gasteiger charge is 1.95. The van der Waals surface area contributed by atoms with Gasteiger partial charge in [0.2, 0.25) is 5.96 Å². The lowest BCUT2D eigenvalue weighted by atomic mass is 10.2. The molecule has 7 heteroatoms. The minimum absolute atomic E-state index is 0.0478. The third-order valence-corrected chi connectivity index (χ3v) is 3.24. The number of benzene rings is 2. The highest BCUT2D eigenvalue weighted by molar-refractivity contribution is 6.33. The molecule has 112 valence electrons. The molecule has 22 heavy (non-hydrogen) atoms. The van der Waals surface area contributed by atoms with Crippen LogP contribution in [0.2, 0.25) is 10.0 Å². The Morgan fingerprint density at radius 3 is 2.05 bits per heavy atom. The van der Waals surface area contributed by atoms with Gasteiger partial charge in [-0.05, 0) is 12.1 Å². The maximum atomic E-state index is 5.99. The first-order valence-electron chi connectivity index (χ1n) is 6.31. The molecular formula is C15H13Cl2N5. The fraction of sp³-hybridized carbons (Fsp3) is 0. The number of guanidine groups is 1. The number of nitrogens with one attached hydrogen (secondary N) is 1. The second-order valence-electron chi connectivity index (χ2n) is 4.14. The van der Waals surface area contributed by atoms with Crippen LogP contribution >= 0.6 is 23.2 Å². The Morgan fingerprint density at radius 2 is 1.45 bits per heavy atom. The first-order chi connectivity index (χ1) is 10.7. The maximum absolute atomic E-state index is 5.99. The average Bonchev–Trinajstić information content (AvgIpc) is 2.51. The first-order valence-corrected chi connectivity index (χ1v) is 7.07. The van der Waals surface area contributed by atoms with E-state index in [0.717, 1.165) is 11.1 Å². The lowest BCUT2D eigenvalue weighted by Gasteiger charge is -1.98. The van der Waals surface area contributed by atoms with Gasteiger partial charge < -0.3 is 5.73 Å². The zero-order chi connectivity index (χ0) is 15.8. The van der Waals surface area contributed by atoms with Crippen molar-refractivity contribution in [2.45, 2.75) is 0 Å². The Balaban J connectivity index is 1.93. The molecule has 0 radical (unpaired) electrons. The van der Waals surface area contributed by atoms with Crippen LogP contribution in [0.15, 0.2) is 63.8 Å². The predicted molar refractivity (Wildman–Crippen MR) is 92.9 cm³/mol. The SMILES string of the molecule is NC(=N/N=C/c1ccccc1Cl)N/N=C/c1ccccc1Cl. The fourth-order valence-electron chi connectivity index (χ4n) is 1.50. The molecule has 2 aromatic rings. The van der Waals surface area contributed by atoms with Crippen molar-refractivity contribution in [2.75, 3.05) is 0 Å². The highest BCUT2D eigenvalue weighted by atomic mass is 35.5. The van der Waals surface area contributed by atoms with Gasteiger partial charge in [-0.1, -0.05) is 59.6 Å². The second-order valence-corrected chi connectivity index (χ2v) is 4.96. The molecule has 0 amide bonds. The molecule has 0 spiro atoms. The Morgan fingerprint density at radius 1 is 0.909 bits per heavy atom. The van der Waals surface area contributed by atoms with Gasteiger partial charge >= 0.3 is 0 Å². The van der Waals surface area contributed by atoms with Gasteiger partial charge in [-0.3, -0.25) is 0 Å². The Bertz CT molecular complexity index is 725. The summed E-state index contributed by atoms with van der Waals surface area (Å²) in [6, 6.07) is 14.6. The fourth-order valence-corrected chi connectivity index (χ4v) is 1.87. The summed E-state index contributed by atoms with van der Waals surface area (Å²) in [6.07, 6.45) is 3.05. The smallest absolute Gasteiger partial charge is 0.234 e. The molecule has 5 nitrogen and oxygen atoms in total. The van der Waals surface area contributed by atoms with Gasteiger partial charge in [0.25, 0.3) is 0 Å². The summed E-state index contributed by atoms with van der Waals surface area (Å²) in [5.74, 6) is 0.0478. The molecule has 0 aliphatic rings. The molecule has 0 atom stereocenters. The first kappa shape index (κ1) is 16.0. The zero-order valence-corrected chi connectivity index (χ0v) is 13.0. The molecule has 0 aromatic heterocycles. The van der Waals surface area contributed by atoms with Gasteiger partial charge in [0, 0.05) is 21.2 Å². The van der Waals surface area contributed by atoms with E-state index in [4.69, 9.17) is 28.9 Å². The van der Waals surface area contributed by atoms with Crippen LogP contribution in [0.3, 0.4) is 0 Å². The topological polar surface area (TPSA) is 75.1 Å². The number of nitrogens with two attached hydrogens (primary N) is 1. The van der Waals surface area contributed by atoms with Gasteiger partial charge in [-0.15, -0.1) is 5.10 Å². The molecule has 0 saturated carbocycles. The number of halogens is 2. The summed E-state index contributed by atoms with van der Waals surface area (Å²) in [7, 11) is 0. The summed E-state index contributed by atoms with van der Waals surface area (Å²) in [5.41, 5.74) is 9.69. The van der Waals surface area contributed by atoms with Crippen LogP contribution < -0.4 is 11.2 Å². The largest absolute Gasteiger partial charge is 0.367 e. The molecule has 0 unspecified atom stereocenters. The van der Waals surface area contributed by atoms with Crippen molar-refractivity contribution < 1.29 is 0 Å². The van der Waals surface area contributed by atoms with Crippen molar-refractivity contribution in [1.82, 2.24) is 5.43 Å². The number of hydrogen-bond acceptors (Lipinski definition) is 3. The summed E-state index contributed by atoms with van der Waals surface area (Å²) in [5, 5.41) is 12.7. The second kappa shape index (κ2) is 8.17. The molecule has 0 bridgehead atoms. The number of hydrazone groups is 1. The maximum Gasteiger partial charge on any atom is 0.234 e. The standard InChI is InChI=1S/C15H13Cl2N5/c16-13-7-3-1-5-11(13)9-19-21-15(18)22-20-10-12-6-2-4-8-14(12)17/h1-10H,(H3,18,21,22)/b19-9+,20-10+. The van der Waals surface area contributed by atoms with E-state index in [-0.39, 0.29) is 5.96 Å². The molecule has 3 N–H and O–H groups in total. The van der Waals surface area contributed by atoms with E-state index in [1.54, 1.807) is 18.3 Å². The summed E-state index contributed by atoms with van der Waals surface area (Å²) >= 11 is 12.0. The summed E-state index contributed by atoms with van der Waals surface area (Å²) in [4.78, 5) is 0. The predicted octanol–water partition coefficient (Wildman–Crippen LogP) is 3.27. The van der Waals surface area contributed by atoms with Gasteiger partial charge in [-0.25, -0.2) is 5.43 Å². The van der Waals surface area contributed by atoms with Crippen LogP contribution in [0.25, 0.3) is 0 Å². The van der Waals surface area contributed by atoms with E-state index >= 15 is 0 Å². The molecule has 0 aliphatic heterocycles. The molecule has 0 fully saturated rings. The van der Waals surface area contributed by atoms with Crippen molar-refractivity contribution in [3.8, 4) is 0 Å². The van der Waals surface area contributed by atoms with Gasteiger partial charge in [0.15, 0.2) is 0 Å². The molecule has 2 aromatic carbocycles. The van der Waals surface area contributed by atoms with Crippen molar-refractivity contribution in [3.63, 3.8) is 0 Å². The van der Waals surface area contributed by atoms with E-state index in [0.29, 0.717) is 10.0 Å². The van der Waals surface area contributed by atoms with Gasteiger partial charge in [-0.2, -0.15) is 10.2 Å². The molecule has 2 rings (SSSR count). The molecule has 0 heterocycles. The molecule has 0 saturated heterocycles. The summed E-state index contributed by atoms with van der Waals surface area (Å²) < 4.78 is 0. The average molecular weight is 334 g/mol. The van der Waals surface area contributed by atoms with Crippen LogP contribution in [-0.4, -0.2) is 18.4 Å². The van der Waals surface area contributed by atoms with Crippen molar-refractivity contribution in [1.29, 1.82) is 0 Å². The van der Waals surface area contributed by atoms with E-state index in [2.05, 4.69) is 20.7 Å². The summed E-state index contributed by atoms with van der Waals surface area (Å²) in [6.45, 7) is 0. The lowest BCUT2D eigenvalue weighted by molar-refractivity contribution is 0.994. The molecule has 0 aliphatic carbocycles. The van der Waals surface area contributed by atoms with Crippen LogP contribution in [-0.2, 0) is 0 Å². The quantitative estimate of drug-likeness (QED) is 0.512. The van der Waals surface area contributed by atoms with E-state index in [9.17, 15) is 0 Å². The van der Waals surface area contributed by atoms with Gasteiger partial charge in [0.05, 0.1) is 12.4 Å². The van der Waals surface area contributed by atoms with Crippen LogP contribution in [0.1, 0.15) is 11.1 Å². The third kappa shape index (κ3) is 4.87. The number of nitrogens with zero attached hydrogens (tertiary/aromatic N) is 3. The Labute approximate surface area is 138 Å². The van der Waals surface area contributed by atoms with E-state index < -0.39 is 0 Å².